The van der Waals surface area contributed by atoms with E-state index in [0.29, 0.717) is 13.2 Å². The minimum absolute atomic E-state index is 0.363. The molecule has 0 spiro atoms. The Bertz CT molecular complexity index is 394. The summed E-state index contributed by atoms with van der Waals surface area (Å²) in [6.07, 6.45) is 0.876. The van der Waals surface area contributed by atoms with Gasteiger partial charge in [-0.2, -0.15) is 0 Å². The molecular formula is C17H27NO2. The number of aliphatic hydroxyl groups excluding tert-OH is 1. The SMILES string of the molecule is Cc1ccc(OCC(O)CN2CC(C)CC(C)C2)cc1. The minimum Gasteiger partial charge on any atom is -0.491 e. The van der Waals surface area contributed by atoms with Crippen molar-refractivity contribution in [1.29, 1.82) is 0 Å². The first-order valence-electron chi connectivity index (χ1n) is 7.63. The summed E-state index contributed by atoms with van der Waals surface area (Å²) in [5, 5.41) is 10.1. The molecule has 0 saturated carbocycles. The van der Waals surface area contributed by atoms with Gasteiger partial charge in [0.1, 0.15) is 18.5 Å². The summed E-state index contributed by atoms with van der Waals surface area (Å²) in [7, 11) is 0. The maximum atomic E-state index is 10.1. The van der Waals surface area contributed by atoms with Crippen molar-refractivity contribution < 1.29 is 9.84 Å². The molecule has 2 rings (SSSR count). The van der Waals surface area contributed by atoms with E-state index in [0.717, 1.165) is 30.7 Å². The summed E-state index contributed by atoms with van der Waals surface area (Å²) in [5.41, 5.74) is 1.22. The molecule has 1 aliphatic heterocycles. The van der Waals surface area contributed by atoms with Crippen LogP contribution in [0, 0.1) is 18.8 Å². The van der Waals surface area contributed by atoms with Gasteiger partial charge in [0.05, 0.1) is 0 Å². The van der Waals surface area contributed by atoms with E-state index >= 15 is 0 Å². The zero-order valence-electron chi connectivity index (χ0n) is 12.9. The molecule has 1 saturated heterocycles. The van der Waals surface area contributed by atoms with Crippen LogP contribution in [0.3, 0.4) is 0 Å². The number of likely N-dealkylation sites (tertiary alicyclic amines) is 1. The highest BCUT2D eigenvalue weighted by Crippen LogP contribution is 2.21. The summed E-state index contributed by atoms with van der Waals surface area (Å²) in [6, 6.07) is 7.95. The standard InChI is InChI=1S/C17H27NO2/c1-13-4-6-17(7-5-13)20-12-16(19)11-18-9-14(2)8-15(3)10-18/h4-7,14-16,19H,8-12H2,1-3H3. The monoisotopic (exact) mass is 277 g/mol. The van der Waals surface area contributed by atoms with E-state index in [1.807, 2.05) is 24.3 Å². The topological polar surface area (TPSA) is 32.7 Å². The van der Waals surface area contributed by atoms with Gasteiger partial charge >= 0.3 is 0 Å². The fourth-order valence-electron chi connectivity index (χ4n) is 3.12. The van der Waals surface area contributed by atoms with Crippen LogP contribution in [0.15, 0.2) is 24.3 Å². The quantitative estimate of drug-likeness (QED) is 0.898. The normalized spacial score (nSPS) is 25.4. The Morgan fingerprint density at radius 1 is 1.20 bits per heavy atom. The second-order valence-electron chi connectivity index (χ2n) is 6.44. The molecule has 0 amide bonds. The maximum absolute atomic E-state index is 10.1. The second-order valence-corrected chi connectivity index (χ2v) is 6.44. The number of rotatable bonds is 5. The molecule has 1 fully saturated rings. The van der Waals surface area contributed by atoms with Gasteiger partial charge in [-0.25, -0.2) is 0 Å². The molecule has 0 bridgehead atoms. The Hall–Kier alpha value is -1.06. The van der Waals surface area contributed by atoms with Crippen molar-refractivity contribution in [3.8, 4) is 5.75 Å². The van der Waals surface area contributed by atoms with Crippen LogP contribution < -0.4 is 4.74 Å². The first-order valence-corrected chi connectivity index (χ1v) is 7.63. The summed E-state index contributed by atoms with van der Waals surface area (Å²) in [4.78, 5) is 2.36. The van der Waals surface area contributed by atoms with Crippen molar-refractivity contribution in [1.82, 2.24) is 4.90 Å². The number of β-amino-alcohol motifs (C(OH)–C–C–N with tert-alkyl or cyclic N) is 1. The molecule has 3 heteroatoms. The van der Waals surface area contributed by atoms with E-state index in [2.05, 4.69) is 25.7 Å². The zero-order chi connectivity index (χ0) is 14.5. The van der Waals surface area contributed by atoms with E-state index in [9.17, 15) is 5.11 Å². The molecule has 1 aliphatic rings. The van der Waals surface area contributed by atoms with E-state index < -0.39 is 6.10 Å². The van der Waals surface area contributed by atoms with Crippen LogP contribution in [0.1, 0.15) is 25.8 Å². The summed E-state index contributed by atoms with van der Waals surface area (Å²) in [5.74, 6) is 2.28. The lowest BCUT2D eigenvalue weighted by Gasteiger charge is -2.35. The van der Waals surface area contributed by atoms with E-state index in [4.69, 9.17) is 4.74 Å². The van der Waals surface area contributed by atoms with E-state index in [-0.39, 0.29) is 0 Å². The third kappa shape index (κ3) is 4.80. The summed E-state index contributed by atoms with van der Waals surface area (Å²) >= 11 is 0. The van der Waals surface area contributed by atoms with Gasteiger partial charge in [0, 0.05) is 19.6 Å². The molecular weight excluding hydrogens is 250 g/mol. The van der Waals surface area contributed by atoms with Crippen LogP contribution in [0.4, 0.5) is 0 Å². The average molecular weight is 277 g/mol. The third-order valence-corrected chi connectivity index (χ3v) is 3.88. The predicted octanol–water partition coefficient (Wildman–Crippen LogP) is 2.71. The summed E-state index contributed by atoms with van der Waals surface area (Å²) in [6.45, 7) is 9.88. The van der Waals surface area contributed by atoms with Crippen molar-refractivity contribution >= 4 is 0 Å². The van der Waals surface area contributed by atoms with Crippen molar-refractivity contribution in [2.24, 2.45) is 11.8 Å². The lowest BCUT2D eigenvalue weighted by molar-refractivity contribution is 0.0429. The van der Waals surface area contributed by atoms with Crippen molar-refractivity contribution in [3.63, 3.8) is 0 Å². The van der Waals surface area contributed by atoms with Crippen molar-refractivity contribution in [3.05, 3.63) is 29.8 Å². The average Bonchev–Trinajstić information content (AvgIpc) is 2.37. The van der Waals surface area contributed by atoms with Crippen LogP contribution in [-0.2, 0) is 0 Å². The maximum Gasteiger partial charge on any atom is 0.119 e. The number of aliphatic hydroxyl groups is 1. The molecule has 1 N–H and O–H groups in total. The van der Waals surface area contributed by atoms with Crippen LogP contribution in [0.25, 0.3) is 0 Å². The Morgan fingerprint density at radius 2 is 1.80 bits per heavy atom. The van der Waals surface area contributed by atoms with Gasteiger partial charge in [0.15, 0.2) is 0 Å². The second kappa shape index (κ2) is 7.09. The van der Waals surface area contributed by atoms with Gasteiger partial charge in [-0.3, -0.25) is 0 Å². The Kier molecular flexibility index (Phi) is 5.44. The number of hydrogen-bond donors (Lipinski definition) is 1. The Labute approximate surface area is 122 Å². The lowest BCUT2D eigenvalue weighted by Crippen LogP contribution is -2.43. The van der Waals surface area contributed by atoms with Crippen molar-refractivity contribution in [2.75, 3.05) is 26.2 Å². The van der Waals surface area contributed by atoms with Crippen LogP contribution >= 0.6 is 0 Å². The molecule has 0 radical (unpaired) electrons. The molecule has 20 heavy (non-hydrogen) atoms. The minimum atomic E-state index is -0.422. The fraction of sp³-hybridized carbons (Fsp3) is 0.647. The van der Waals surface area contributed by atoms with E-state index in [1.165, 1.54) is 12.0 Å². The number of benzene rings is 1. The van der Waals surface area contributed by atoms with Gasteiger partial charge in [0.25, 0.3) is 0 Å². The van der Waals surface area contributed by atoms with E-state index in [1.54, 1.807) is 0 Å². The summed E-state index contributed by atoms with van der Waals surface area (Å²) < 4.78 is 5.64. The Morgan fingerprint density at radius 3 is 2.40 bits per heavy atom. The van der Waals surface area contributed by atoms with Gasteiger partial charge in [-0.15, -0.1) is 0 Å². The molecule has 3 nitrogen and oxygen atoms in total. The molecule has 3 atom stereocenters. The largest absolute Gasteiger partial charge is 0.491 e. The van der Waals surface area contributed by atoms with Gasteiger partial charge in [-0.1, -0.05) is 31.5 Å². The highest BCUT2D eigenvalue weighted by atomic mass is 16.5. The number of aryl methyl sites for hydroxylation is 1. The molecule has 1 aromatic carbocycles. The first kappa shape index (κ1) is 15.3. The molecule has 0 aromatic heterocycles. The zero-order valence-corrected chi connectivity index (χ0v) is 12.9. The van der Waals surface area contributed by atoms with Gasteiger partial charge < -0.3 is 14.7 Å². The first-order chi connectivity index (χ1) is 9.52. The predicted molar refractivity (Wildman–Crippen MR) is 82.1 cm³/mol. The fourth-order valence-corrected chi connectivity index (χ4v) is 3.12. The molecule has 1 aromatic rings. The smallest absolute Gasteiger partial charge is 0.119 e. The molecule has 112 valence electrons. The number of hydrogen-bond acceptors (Lipinski definition) is 3. The number of piperidine rings is 1. The number of ether oxygens (including phenoxy) is 1. The van der Waals surface area contributed by atoms with Gasteiger partial charge in [0.2, 0.25) is 0 Å². The molecule has 3 unspecified atom stereocenters. The van der Waals surface area contributed by atoms with Crippen LogP contribution in [-0.4, -0.2) is 42.4 Å². The van der Waals surface area contributed by atoms with Gasteiger partial charge in [-0.05, 0) is 37.3 Å². The molecule has 0 aliphatic carbocycles. The Balaban J connectivity index is 1.74. The van der Waals surface area contributed by atoms with Crippen LogP contribution in [0.2, 0.25) is 0 Å². The van der Waals surface area contributed by atoms with Crippen molar-refractivity contribution in [2.45, 2.75) is 33.3 Å². The lowest BCUT2D eigenvalue weighted by atomic mass is 9.92. The number of nitrogens with zero attached hydrogens (tertiary/aromatic N) is 1. The molecule has 1 heterocycles. The third-order valence-electron chi connectivity index (χ3n) is 3.88. The highest BCUT2D eigenvalue weighted by Gasteiger charge is 2.23. The van der Waals surface area contributed by atoms with Crippen LogP contribution in [0.5, 0.6) is 5.75 Å². The highest BCUT2D eigenvalue weighted by molar-refractivity contribution is 5.26.